The summed E-state index contributed by atoms with van der Waals surface area (Å²) >= 11 is 5.85. The molecule has 0 bridgehead atoms. The van der Waals surface area contributed by atoms with Crippen molar-refractivity contribution in [3.05, 3.63) is 23.2 Å². The van der Waals surface area contributed by atoms with Crippen LogP contribution in [-0.2, 0) is 9.53 Å². The number of carbonyl (C=O) groups excluding carboxylic acids is 1. The molecule has 100 valence electrons. The highest BCUT2D eigenvalue weighted by Gasteiger charge is 2.16. The molecule has 0 heterocycles. The van der Waals surface area contributed by atoms with Crippen LogP contribution in [0.3, 0.4) is 0 Å². The summed E-state index contributed by atoms with van der Waals surface area (Å²) in [5, 5.41) is 9.37. The summed E-state index contributed by atoms with van der Waals surface area (Å²) in [4.78, 5) is 15.5. The minimum Gasteiger partial charge on any atom is -0.494 e. The summed E-state index contributed by atoms with van der Waals surface area (Å²) in [6.07, 6.45) is 1.21. The maximum absolute atomic E-state index is 11.4. The Morgan fingerprint density at radius 1 is 1.63 bits per heavy atom. The molecule has 0 aromatic heterocycles. The van der Waals surface area contributed by atoms with Crippen molar-refractivity contribution in [1.29, 1.82) is 5.26 Å². The maximum atomic E-state index is 11.4. The third-order valence-electron chi connectivity index (χ3n) is 2.18. The molecule has 0 radical (unpaired) electrons. The average Bonchev–Trinajstić information content (AvgIpc) is 2.40. The summed E-state index contributed by atoms with van der Waals surface area (Å²) in [7, 11) is 1.50. The number of esters is 1. The van der Waals surface area contributed by atoms with Crippen LogP contribution in [-0.4, -0.2) is 25.9 Å². The van der Waals surface area contributed by atoms with Crippen LogP contribution in [0.4, 0.5) is 5.69 Å². The van der Waals surface area contributed by atoms with Crippen LogP contribution >= 0.6 is 11.6 Å². The van der Waals surface area contributed by atoms with Crippen molar-refractivity contribution in [1.82, 2.24) is 0 Å². The fourth-order valence-electron chi connectivity index (χ4n) is 1.30. The van der Waals surface area contributed by atoms with Crippen LogP contribution in [0.25, 0.3) is 0 Å². The zero-order valence-corrected chi connectivity index (χ0v) is 11.3. The van der Waals surface area contributed by atoms with E-state index in [1.165, 1.54) is 13.3 Å². The number of benzene rings is 1. The van der Waals surface area contributed by atoms with Crippen molar-refractivity contribution in [3.63, 3.8) is 0 Å². The van der Waals surface area contributed by atoms with Crippen LogP contribution in [0.2, 0.25) is 5.02 Å². The number of nitriles is 1. The molecule has 1 rings (SSSR count). The number of halogens is 1. The van der Waals surface area contributed by atoms with Gasteiger partial charge in [0, 0.05) is 11.2 Å². The first kappa shape index (κ1) is 15.0. The molecule has 1 aromatic carbocycles. The van der Waals surface area contributed by atoms with Crippen LogP contribution in [0.5, 0.6) is 5.75 Å². The van der Waals surface area contributed by atoms with Crippen molar-refractivity contribution in [2.75, 3.05) is 13.7 Å². The standard InChI is InChI=1S/C13H13ClN2O3/c1-3-19-13(17)9(7-15)8-16-11-6-10(14)4-5-12(11)18-2/h4-6,8-9H,3H2,1-2H3. The molecule has 0 saturated heterocycles. The Bertz CT molecular complexity index is 523. The number of hydrogen-bond donors (Lipinski definition) is 0. The number of nitrogens with zero attached hydrogens (tertiary/aromatic N) is 2. The lowest BCUT2D eigenvalue weighted by Gasteiger charge is -2.05. The third kappa shape index (κ3) is 4.27. The van der Waals surface area contributed by atoms with Gasteiger partial charge < -0.3 is 9.47 Å². The van der Waals surface area contributed by atoms with E-state index in [-0.39, 0.29) is 6.61 Å². The van der Waals surface area contributed by atoms with Gasteiger partial charge in [0.25, 0.3) is 0 Å². The summed E-state index contributed by atoms with van der Waals surface area (Å²) in [6.45, 7) is 1.88. The molecule has 1 unspecified atom stereocenters. The van der Waals surface area contributed by atoms with E-state index in [1.807, 2.05) is 6.07 Å². The van der Waals surface area contributed by atoms with Gasteiger partial charge in [-0.25, -0.2) is 0 Å². The van der Waals surface area contributed by atoms with Crippen LogP contribution in [0, 0.1) is 17.2 Å². The van der Waals surface area contributed by atoms with E-state index in [4.69, 9.17) is 26.3 Å². The van der Waals surface area contributed by atoms with Crippen molar-refractivity contribution in [2.24, 2.45) is 10.9 Å². The zero-order chi connectivity index (χ0) is 14.3. The van der Waals surface area contributed by atoms with Gasteiger partial charge in [-0.05, 0) is 25.1 Å². The normalized spacial score (nSPS) is 11.9. The largest absolute Gasteiger partial charge is 0.494 e. The first-order chi connectivity index (χ1) is 9.12. The van der Waals surface area contributed by atoms with Crippen LogP contribution in [0.1, 0.15) is 6.92 Å². The fraction of sp³-hybridized carbons (Fsp3) is 0.308. The highest BCUT2D eigenvalue weighted by molar-refractivity contribution is 6.30. The molecule has 0 saturated carbocycles. The van der Waals surface area contributed by atoms with Gasteiger partial charge in [0.1, 0.15) is 11.4 Å². The van der Waals surface area contributed by atoms with Gasteiger partial charge in [-0.3, -0.25) is 9.79 Å². The zero-order valence-electron chi connectivity index (χ0n) is 10.6. The first-order valence-corrected chi connectivity index (χ1v) is 5.94. The molecule has 0 aliphatic carbocycles. The lowest BCUT2D eigenvalue weighted by Crippen LogP contribution is -2.17. The smallest absolute Gasteiger partial charge is 0.328 e. The lowest BCUT2D eigenvalue weighted by molar-refractivity contribution is -0.143. The third-order valence-corrected chi connectivity index (χ3v) is 2.42. The SMILES string of the molecule is CCOC(=O)C(C#N)C=Nc1cc(Cl)ccc1OC. The predicted octanol–water partition coefficient (Wildman–Crippen LogP) is 2.75. The maximum Gasteiger partial charge on any atom is 0.328 e. The van der Waals surface area contributed by atoms with E-state index in [9.17, 15) is 4.79 Å². The van der Waals surface area contributed by atoms with Gasteiger partial charge >= 0.3 is 5.97 Å². The Morgan fingerprint density at radius 3 is 2.95 bits per heavy atom. The fourth-order valence-corrected chi connectivity index (χ4v) is 1.46. The first-order valence-electron chi connectivity index (χ1n) is 5.56. The van der Waals surface area contributed by atoms with Crippen LogP contribution < -0.4 is 4.74 Å². The van der Waals surface area contributed by atoms with Crippen molar-refractivity contribution >= 4 is 29.5 Å². The molecule has 19 heavy (non-hydrogen) atoms. The minimum absolute atomic E-state index is 0.214. The van der Waals surface area contributed by atoms with E-state index in [1.54, 1.807) is 25.1 Å². The van der Waals surface area contributed by atoms with Gasteiger partial charge in [-0.1, -0.05) is 11.6 Å². The van der Waals surface area contributed by atoms with Gasteiger partial charge in [-0.15, -0.1) is 0 Å². The Kier molecular flexibility index (Phi) is 5.83. The molecule has 1 atom stereocenters. The number of aliphatic imine (C=N–C) groups is 1. The summed E-state index contributed by atoms with van der Waals surface area (Å²) in [5.74, 6) is -1.18. The Hall–Kier alpha value is -2.06. The Balaban J connectivity index is 2.94. The summed E-state index contributed by atoms with van der Waals surface area (Å²) < 4.78 is 9.86. The number of hydrogen-bond acceptors (Lipinski definition) is 5. The molecule has 5 nitrogen and oxygen atoms in total. The summed E-state index contributed by atoms with van der Waals surface area (Å²) in [6, 6.07) is 6.70. The van der Waals surface area contributed by atoms with Gasteiger partial charge in [0.15, 0.2) is 5.92 Å². The Morgan fingerprint density at radius 2 is 2.37 bits per heavy atom. The second-order valence-corrected chi connectivity index (χ2v) is 3.89. The van der Waals surface area contributed by atoms with Crippen LogP contribution in [0.15, 0.2) is 23.2 Å². The monoisotopic (exact) mass is 280 g/mol. The second kappa shape index (κ2) is 7.39. The van der Waals surface area contributed by atoms with E-state index >= 15 is 0 Å². The predicted molar refractivity (Wildman–Crippen MR) is 71.9 cm³/mol. The Labute approximate surface area is 116 Å². The molecule has 6 heteroatoms. The van der Waals surface area contributed by atoms with Gasteiger partial charge in [0.05, 0.1) is 19.8 Å². The van der Waals surface area contributed by atoms with E-state index in [2.05, 4.69) is 4.99 Å². The van der Waals surface area contributed by atoms with Crippen molar-refractivity contribution < 1.29 is 14.3 Å². The highest BCUT2D eigenvalue weighted by Crippen LogP contribution is 2.30. The molecule has 0 N–H and O–H groups in total. The average molecular weight is 281 g/mol. The minimum atomic E-state index is -1.05. The second-order valence-electron chi connectivity index (χ2n) is 3.45. The van der Waals surface area contributed by atoms with Gasteiger partial charge in [-0.2, -0.15) is 5.26 Å². The number of methoxy groups -OCH3 is 1. The molecule has 1 aromatic rings. The number of rotatable bonds is 5. The van der Waals surface area contributed by atoms with E-state index < -0.39 is 11.9 Å². The molecule has 0 amide bonds. The molecular formula is C13H13ClN2O3. The molecule has 0 spiro atoms. The van der Waals surface area contributed by atoms with Crippen molar-refractivity contribution in [2.45, 2.75) is 6.92 Å². The quantitative estimate of drug-likeness (QED) is 0.614. The molecule has 0 aliphatic rings. The highest BCUT2D eigenvalue weighted by atomic mass is 35.5. The number of carbonyl (C=O) groups is 1. The molecule has 0 aliphatic heterocycles. The van der Waals surface area contributed by atoms with E-state index in [0.29, 0.717) is 16.5 Å². The van der Waals surface area contributed by atoms with E-state index in [0.717, 1.165) is 0 Å². The van der Waals surface area contributed by atoms with Crippen molar-refractivity contribution in [3.8, 4) is 11.8 Å². The number of ether oxygens (including phenoxy) is 2. The van der Waals surface area contributed by atoms with Gasteiger partial charge in [0.2, 0.25) is 0 Å². The summed E-state index contributed by atoms with van der Waals surface area (Å²) in [5.41, 5.74) is 0.444. The lowest BCUT2D eigenvalue weighted by atomic mass is 10.2. The molecular weight excluding hydrogens is 268 g/mol. The molecule has 0 fully saturated rings. The topological polar surface area (TPSA) is 71.7 Å².